The summed E-state index contributed by atoms with van der Waals surface area (Å²) < 4.78 is 1.96. The van der Waals surface area contributed by atoms with Gasteiger partial charge in [0.2, 0.25) is 0 Å². The maximum atomic E-state index is 9.93. The molecule has 0 unspecified atom stereocenters. The van der Waals surface area contributed by atoms with Crippen LogP contribution in [0.3, 0.4) is 0 Å². The first-order valence-electron chi connectivity index (χ1n) is 7.27. The Labute approximate surface area is 132 Å². The molecule has 4 nitrogen and oxygen atoms in total. The Bertz CT molecular complexity index is 988. The van der Waals surface area contributed by atoms with Crippen LogP contribution in [0.2, 0.25) is 0 Å². The van der Waals surface area contributed by atoms with Crippen molar-refractivity contribution in [3.63, 3.8) is 0 Å². The van der Waals surface area contributed by atoms with E-state index >= 15 is 0 Å². The summed E-state index contributed by atoms with van der Waals surface area (Å²) in [7, 11) is 0. The molecule has 0 atom stereocenters. The molecule has 0 amide bonds. The molecule has 23 heavy (non-hydrogen) atoms. The van der Waals surface area contributed by atoms with E-state index < -0.39 is 0 Å². The molecule has 0 aliphatic carbocycles. The van der Waals surface area contributed by atoms with Gasteiger partial charge in [0.25, 0.3) is 0 Å². The lowest BCUT2D eigenvalue weighted by molar-refractivity contribution is 0.474. The molecule has 0 bridgehead atoms. The monoisotopic (exact) mass is 302 g/mol. The molecule has 0 radical (unpaired) electrons. The Morgan fingerprint density at radius 1 is 0.783 bits per heavy atom. The van der Waals surface area contributed by atoms with Gasteiger partial charge in [0.1, 0.15) is 17.8 Å². The van der Waals surface area contributed by atoms with Crippen LogP contribution in [0.1, 0.15) is 0 Å². The van der Waals surface area contributed by atoms with Crippen molar-refractivity contribution in [3.8, 4) is 28.3 Å². The van der Waals surface area contributed by atoms with Crippen LogP contribution in [0.4, 0.5) is 0 Å². The van der Waals surface area contributed by atoms with E-state index in [1.165, 1.54) is 0 Å². The number of rotatable bonds is 2. The number of hydrogen-bond donors (Lipinski definition) is 2. The van der Waals surface area contributed by atoms with Gasteiger partial charge in [0, 0.05) is 11.6 Å². The molecule has 4 rings (SSSR count). The normalized spacial score (nSPS) is 11.0. The molecule has 0 aliphatic rings. The van der Waals surface area contributed by atoms with E-state index in [1.54, 1.807) is 30.6 Å². The van der Waals surface area contributed by atoms with E-state index in [1.807, 2.05) is 47.0 Å². The zero-order valence-electron chi connectivity index (χ0n) is 12.2. The number of phenolic OH excluding ortho intramolecular Hbond substituents is 2. The second-order valence-electron chi connectivity index (χ2n) is 5.35. The highest BCUT2D eigenvalue weighted by Crippen LogP contribution is 2.32. The minimum absolute atomic E-state index is 0.195. The van der Waals surface area contributed by atoms with Crippen LogP contribution in [-0.4, -0.2) is 19.8 Å². The highest BCUT2D eigenvalue weighted by Gasteiger charge is 2.11. The highest BCUT2D eigenvalue weighted by molar-refractivity contribution is 5.82. The molecule has 0 saturated heterocycles. The number of hydrogen-bond acceptors (Lipinski definition) is 3. The Morgan fingerprint density at radius 3 is 2.35 bits per heavy atom. The van der Waals surface area contributed by atoms with Crippen LogP contribution in [0.15, 0.2) is 73.1 Å². The van der Waals surface area contributed by atoms with Crippen molar-refractivity contribution in [2.45, 2.75) is 0 Å². The maximum Gasteiger partial charge on any atom is 0.117 e. The van der Waals surface area contributed by atoms with Crippen molar-refractivity contribution in [1.29, 1.82) is 0 Å². The number of nitrogens with zero attached hydrogens (tertiary/aromatic N) is 2. The summed E-state index contributed by atoms with van der Waals surface area (Å²) in [6, 6.07) is 20.1. The van der Waals surface area contributed by atoms with E-state index in [9.17, 15) is 10.2 Å². The summed E-state index contributed by atoms with van der Waals surface area (Å²) in [6.45, 7) is 0. The first-order valence-corrected chi connectivity index (χ1v) is 7.27. The molecule has 0 saturated carbocycles. The maximum absolute atomic E-state index is 9.93. The van der Waals surface area contributed by atoms with E-state index in [-0.39, 0.29) is 11.5 Å². The number of aromatic hydroxyl groups is 2. The standard InChI is InChI=1S/C19H14N2O2/c22-14-7-5-13(6-8-14)16-10-9-15(23)11-19(16)21-12-20-17-3-1-2-4-18(17)21/h1-12,22-23H. The number of phenols is 2. The number of fused-ring (bicyclic) bond motifs is 1. The van der Waals surface area contributed by atoms with Crippen LogP contribution >= 0.6 is 0 Å². The van der Waals surface area contributed by atoms with Gasteiger partial charge >= 0.3 is 0 Å². The number of imidazole rings is 1. The van der Waals surface area contributed by atoms with E-state index in [0.29, 0.717) is 0 Å². The molecule has 4 heteroatoms. The fraction of sp³-hybridized carbons (Fsp3) is 0. The second-order valence-corrected chi connectivity index (χ2v) is 5.35. The smallest absolute Gasteiger partial charge is 0.117 e. The fourth-order valence-corrected chi connectivity index (χ4v) is 2.76. The number of para-hydroxylation sites is 2. The third-order valence-electron chi connectivity index (χ3n) is 3.87. The van der Waals surface area contributed by atoms with Crippen LogP contribution in [0.5, 0.6) is 11.5 Å². The average Bonchev–Trinajstić information content (AvgIpc) is 3.00. The molecule has 0 spiro atoms. The Hall–Kier alpha value is -3.27. The lowest BCUT2D eigenvalue weighted by Crippen LogP contribution is -1.95. The van der Waals surface area contributed by atoms with Gasteiger partial charge in [0.15, 0.2) is 0 Å². The summed E-state index contributed by atoms with van der Waals surface area (Å²) in [5, 5.41) is 19.4. The summed E-state index contributed by atoms with van der Waals surface area (Å²) in [6.07, 6.45) is 1.75. The molecule has 0 fully saturated rings. The van der Waals surface area contributed by atoms with E-state index in [4.69, 9.17) is 0 Å². The van der Waals surface area contributed by atoms with Crippen LogP contribution < -0.4 is 0 Å². The third-order valence-corrected chi connectivity index (χ3v) is 3.87. The largest absolute Gasteiger partial charge is 0.508 e. The van der Waals surface area contributed by atoms with Crippen molar-refractivity contribution in [2.75, 3.05) is 0 Å². The zero-order chi connectivity index (χ0) is 15.8. The van der Waals surface area contributed by atoms with Gasteiger partial charge in [0.05, 0.1) is 16.7 Å². The summed E-state index contributed by atoms with van der Waals surface area (Å²) in [5.74, 6) is 0.419. The van der Waals surface area contributed by atoms with E-state index in [2.05, 4.69) is 4.98 Å². The summed E-state index contributed by atoms with van der Waals surface area (Å²) in [5.41, 5.74) is 4.61. The van der Waals surface area contributed by atoms with Crippen molar-refractivity contribution < 1.29 is 10.2 Å². The molecule has 4 aromatic rings. The predicted octanol–water partition coefficient (Wildman–Crippen LogP) is 4.10. The molecule has 0 aliphatic heterocycles. The quantitative estimate of drug-likeness (QED) is 0.586. The van der Waals surface area contributed by atoms with Gasteiger partial charge in [-0.05, 0) is 42.0 Å². The highest BCUT2D eigenvalue weighted by atomic mass is 16.3. The van der Waals surface area contributed by atoms with Crippen molar-refractivity contribution in [1.82, 2.24) is 9.55 Å². The van der Waals surface area contributed by atoms with Gasteiger partial charge in [-0.1, -0.05) is 24.3 Å². The topological polar surface area (TPSA) is 58.3 Å². The zero-order valence-corrected chi connectivity index (χ0v) is 12.2. The third kappa shape index (κ3) is 2.30. The first-order chi connectivity index (χ1) is 11.2. The lowest BCUT2D eigenvalue weighted by Gasteiger charge is -2.12. The van der Waals surface area contributed by atoms with Crippen molar-refractivity contribution in [2.24, 2.45) is 0 Å². The van der Waals surface area contributed by atoms with Gasteiger partial charge in [-0.15, -0.1) is 0 Å². The molecular formula is C19H14N2O2. The second kappa shape index (κ2) is 5.18. The first kappa shape index (κ1) is 13.4. The van der Waals surface area contributed by atoms with Crippen LogP contribution in [0.25, 0.3) is 27.8 Å². The minimum atomic E-state index is 0.195. The Morgan fingerprint density at radius 2 is 1.52 bits per heavy atom. The summed E-state index contributed by atoms with van der Waals surface area (Å²) >= 11 is 0. The molecular weight excluding hydrogens is 288 g/mol. The Balaban J connectivity index is 1.97. The SMILES string of the molecule is Oc1ccc(-c2ccc(O)cc2-n2cnc3ccccc32)cc1. The molecule has 1 aromatic heterocycles. The minimum Gasteiger partial charge on any atom is -0.508 e. The average molecular weight is 302 g/mol. The fourth-order valence-electron chi connectivity index (χ4n) is 2.76. The lowest BCUT2D eigenvalue weighted by atomic mass is 10.0. The molecule has 1 heterocycles. The molecule has 112 valence electrons. The van der Waals surface area contributed by atoms with Gasteiger partial charge in [-0.25, -0.2) is 4.98 Å². The Kier molecular flexibility index (Phi) is 3.01. The van der Waals surface area contributed by atoms with E-state index in [0.717, 1.165) is 27.8 Å². The predicted molar refractivity (Wildman–Crippen MR) is 89.8 cm³/mol. The van der Waals surface area contributed by atoms with Gasteiger partial charge in [-0.3, -0.25) is 4.57 Å². The molecule has 2 N–H and O–H groups in total. The van der Waals surface area contributed by atoms with Gasteiger partial charge in [-0.2, -0.15) is 0 Å². The van der Waals surface area contributed by atoms with Crippen molar-refractivity contribution >= 4 is 11.0 Å². The number of aromatic nitrogens is 2. The summed E-state index contributed by atoms with van der Waals surface area (Å²) in [4.78, 5) is 4.41. The van der Waals surface area contributed by atoms with Crippen LogP contribution in [0, 0.1) is 0 Å². The molecule has 3 aromatic carbocycles. The number of benzene rings is 3. The van der Waals surface area contributed by atoms with Gasteiger partial charge < -0.3 is 10.2 Å². The van der Waals surface area contributed by atoms with Crippen LogP contribution in [-0.2, 0) is 0 Å². The van der Waals surface area contributed by atoms with Crippen molar-refractivity contribution in [3.05, 3.63) is 73.1 Å².